The first-order chi connectivity index (χ1) is 8.51. The van der Waals surface area contributed by atoms with E-state index in [0.717, 1.165) is 19.5 Å². The number of nitrogens with zero attached hydrogens (tertiary/aromatic N) is 1. The van der Waals surface area contributed by atoms with Crippen molar-refractivity contribution in [3.63, 3.8) is 0 Å². The Balaban J connectivity index is 2.21. The molecule has 0 spiro atoms. The van der Waals surface area contributed by atoms with Crippen molar-refractivity contribution in [2.24, 2.45) is 0 Å². The van der Waals surface area contributed by atoms with Crippen LogP contribution >= 0.6 is 0 Å². The minimum Gasteiger partial charge on any atom is -0.481 e. The number of amides is 2. The Hall–Kier alpha value is -1.34. The average Bonchev–Trinajstić information content (AvgIpc) is 2.69. The summed E-state index contributed by atoms with van der Waals surface area (Å²) in [4.78, 5) is 24.2. The van der Waals surface area contributed by atoms with E-state index in [1.54, 1.807) is 0 Å². The van der Waals surface area contributed by atoms with E-state index in [1.807, 2.05) is 7.05 Å². The Labute approximate surface area is 106 Å². The number of nitrogens with one attached hydrogen (secondary N) is 2. The zero-order chi connectivity index (χ0) is 13.5. The van der Waals surface area contributed by atoms with Crippen LogP contribution in [0.3, 0.4) is 0 Å². The molecule has 104 valence electrons. The van der Waals surface area contributed by atoms with Crippen molar-refractivity contribution in [2.45, 2.75) is 25.0 Å². The van der Waals surface area contributed by atoms with Crippen LogP contribution in [0.4, 0.5) is 4.79 Å². The van der Waals surface area contributed by atoms with Crippen LogP contribution in [0.5, 0.6) is 0 Å². The first-order valence-electron chi connectivity index (χ1n) is 5.98. The molecule has 0 aromatic heterocycles. The summed E-state index contributed by atoms with van der Waals surface area (Å²) < 4.78 is 4.97. The quantitative estimate of drug-likeness (QED) is 0.597. The van der Waals surface area contributed by atoms with Gasteiger partial charge in [-0.15, -0.1) is 0 Å². The van der Waals surface area contributed by atoms with Gasteiger partial charge in [0.25, 0.3) is 0 Å². The molecular formula is C11H21N3O4. The molecular weight excluding hydrogens is 238 g/mol. The van der Waals surface area contributed by atoms with E-state index in [2.05, 4.69) is 15.5 Å². The molecule has 1 saturated heterocycles. The molecule has 0 aromatic carbocycles. The third kappa shape index (κ3) is 5.33. The number of hydrogen-bond donors (Lipinski definition) is 3. The number of aliphatic carboxylic acids is 1. The Morgan fingerprint density at radius 3 is 2.78 bits per heavy atom. The highest BCUT2D eigenvalue weighted by Gasteiger charge is 2.21. The highest BCUT2D eigenvalue weighted by atomic mass is 16.5. The third-order valence-corrected chi connectivity index (χ3v) is 2.95. The molecule has 3 N–H and O–H groups in total. The second-order valence-electron chi connectivity index (χ2n) is 4.56. The highest BCUT2D eigenvalue weighted by molar-refractivity contribution is 5.74. The summed E-state index contributed by atoms with van der Waals surface area (Å²) >= 11 is 0. The van der Waals surface area contributed by atoms with Crippen molar-refractivity contribution in [2.75, 3.05) is 33.8 Å². The highest BCUT2D eigenvalue weighted by Crippen LogP contribution is 2.05. The van der Waals surface area contributed by atoms with Gasteiger partial charge in [-0.05, 0) is 20.0 Å². The predicted octanol–water partition coefficient (Wildman–Crippen LogP) is -0.521. The third-order valence-electron chi connectivity index (χ3n) is 2.95. The topological polar surface area (TPSA) is 90.9 Å². The van der Waals surface area contributed by atoms with Crippen molar-refractivity contribution >= 4 is 12.0 Å². The molecule has 1 fully saturated rings. The largest absolute Gasteiger partial charge is 0.481 e. The number of carbonyl (C=O) groups is 2. The molecule has 1 aliphatic heterocycles. The summed E-state index contributed by atoms with van der Waals surface area (Å²) in [7, 11) is 3.44. The number of carboxylic acid groups (broad SMARTS) is 1. The van der Waals surface area contributed by atoms with Gasteiger partial charge >= 0.3 is 12.0 Å². The molecule has 1 rings (SSSR count). The maximum Gasteiger partial charge on any atom is 0.315 e. The number of rotatable bonds is 6. The van der Waals surface area contributed by atoms with Crippen LogP contribution in [-0.4, -0.2) is 67.9 Å². The minimum absolute atomic E-state index is 0.122. The normalized spacial score (nSPS) is 21.6. The molecule has 0 bridgehead atoms. The Morgan fingerprint density at radius 2 is 2.28 bits per heavy atom. The SMILES string of the molecule is COC(CNC(=O)NC1CCN(C)C1)CC(=O)O. The molecule has 18 heavy (non-hydrogen) atoms. The van der Waals surface area contributed by atoms with Crippen LogP contribution in [0.15, 0.2) is 0 Å². The van der Waals surface area contributed by atoms with Crippen LogP contribution in [-0.2, 0) is 9.53 Å². The van der Waals surface area contributed by atoms with Crippen LogP contribution in [0.1, 0.15) is 12.8 Å². The molecule has 0 aromatic rings. The molecule has 2 unspecified atom stereocenters. The van der Waals surface area contributed by atoms with Gasteiger partial charge in [0, 0.05) is 26.2 Å². The van der Waals surface area contributed by atoms with E-state index in [0.29, 0.717) is 0 Å². The zero-order valence-corrected chi connectivity index (χ0v) is 10.8. The van der Waals surface area contributed by atoms with Crippen molar-refractivity contribution in [1.82, 2.24) is 15.5 Å². The number of carboxylic acids is 1. The first kappa shape index (κ1) is 14.7. The van der Waals surface area contributed by atoms with E-state index in [9.17, 15) is 9.59 Å². The lowest BCUT2D eigenvalue weighted by Crippen LogP contribution is -2.45. The van der Waals surface area contributed by atoms with Gasteiger partial charge in [-0.3, -0.25) is 4.79 Å². The number of methoxy groups -OCH3 is 1. The molecule has 0 radical (unpaired) electrons. The zero-order valence-electron chi connectivity index (χ0n) is 10.8. The van der Waals surface area contributed by atoms with E-state index in [-0.39, 0.29) is 25.0 Å². The lowest BCUT2D eigenvalue weighted by atomic mass is 10.2. The van der Waals surface area contributed by atoms with Crippen LogP contribution < -0.4 is 10.6 Å². The maximum absolute atomic E-state index is 11.6. The van der Waals surface area contributed by atoms with Gasteiger partial charge in [-0.2, -0.15) is 0 Å². The Kier molecular flexibility index (Phi) is 5.87. The van der Waals surface area contributed by atoms with Gasteiger partial charge in [-0.1, -0.05) is 0 Å². The van der Waals surface area contributed by atoms with Crippen LogP contribution in [0.2, 0.25) is 0 Å². The minimum atomic E-state index is -0.943. The van der Waals surface area contributed by atoms with Crippen molar-refractivity contribution < 1.29 is 19.4 Å². The summed E-state index contributed by atoms with van der Waals surface area (Å²) in [6, 6.07) is -0.113. The second kappa shape index (κ2) is 7.17. The number of likely N-dealkylation sites (tertiary alicyclic amines) is 1. The number of carbonyl (C=O) groups excluding carboxylic acids is 1. The Bertz CT molecular complexity index is 298. The van der Waals surface area contributed by atoms with E-state index >= 15 is 0 Å². The van der Waals surface area contributed by atoms with Crippen molar-refractivity contribution in [3.8, 4) is 0 Å². The second-order valence-corrected chi connectivity index (χ2v) is 4.56. The molecule has 7 nitrogen and oxygen atoms in total. The van der Waals surface area contributed by atoms with Crippen LogP contribution in [0.25, 0.3) is 0 Å². The predicted molar refractivity (Wildman–Crippen MR) is 65.5 cm³/mol. The molecule has 0 aliphatic carbocycles. The fourth-order valence-electron chi connectivity index (χ4n) is 1.93. The van der Waals surface area contributed by atoms with Crippen molar-refractivity contribution in [1.29, 1.82) is 0 Å². The van der Waals surface area contributed by atoms with E-state index < -0.39 is 12.1 Å². The fourth-order valence-corrected chi connectivity index (χ4v) is 1.93. The molecule has 1 heterocycles. The fraction of sp³-hybridized carbons (Fsp3) is 0.818. The lowest BCUT2D eigenvalue weighted by molar-refractivity contribution is -0.139. The first-order valence-corrected chi connectivity index (χ1v) is 5.98. The molecule has 1 aliphatic rings. The average molecular weight is 259 g/mol. The van der Waals surface area contributed by atoms with Gasteiger partial charge in [0.2, 0.25) is 0 Å². The molecule has 7 heteroatoms. The van der Waals surface area contributed by atoms with Crippen molar-refractivity contribution in [3.05, 3.63) is 0 Å². The standard InChI is InChI=1S/C11H21N3O4/c1-14-4-3-8(7-14)13-11(17)12-6-9(18-2)5-10(15)16/h8-9H,3-7H2,1-2H3,(H,15,16)(H2,12,13,17). The summed E-state index contributed by atoms with van der Waals surface area (Å²) in [6.45, 7) is 2.01. The number of likely N-dealkylation sites (N-methyl/N-ethyl adjacent to an activating group) is 1. The monoisotopic (exact) mass is 259 g/mol. The summed E-state index contributed by atoms with van der Waals surface area (Å²) in [5.74, 6) is -0.943. The number of ether oxygens (including phenoxy) is 1. The Morgan fingerprint density at radius 1 is 1.56 bits per heavy atom. The van der Waals surface area contributed by atoms with Crippen LogP contribution in [0, 0.1) is 0 Å². The molecule has 0 saturated carbocycles. The summed E-state index contributed by atoms with van der Waals surface area (Å²) in [6.07, 6.45) is 0.315. The number of hydrogen-bond acceptors (Lipinski definition) is 4. The maximum atomic E-state index is 11.6. The molecule has 2 amide bonds. The van der Waals surface area contributed by atoms with Gasteiger partial charge in [0.05, 0.1) is 12.5 Å². The van der Waals surface area contributed by atoms with Gasteiger partial charge < -0.3 is 25.4 Å². The van der Waals surface area contributed by atoms with Gasteiger partial charge in [0.15, 0.2) is 0 Å². The van der Waals surface area contributed by atoms with Gasteiger partial charge in [0.1, 0.15) is 0 Å². The smallest absolute Gasteiger partial charge is 0.315 e. The van der Waals surface area contributed by atoms with E-state index in [4.69, 9.17) is 9.84 Å². The lowest BCUT2D eigenvalue weighted by Gasteiger charge is -2.17. The molecule has 2 atom stereocenters. The van der Waals surface area contributed by atoms with Gasteiger partial charge in [-0.25, -0.2) is 4.79 Å². The number of urea groups is 1. The van der Waals surface area contributed by atoms with E-state index in [1.165, 1.54) is 7.11 Å². The summed E-state index contributed by atoms with van der Waals surface area (Å²) in [5, 5.41) is 14.1. The summed E-state index contributed by atoms with van der Waals surface area (Å²) in [5.41, 5.74) is 0.